The Balaban J connectivity index is 3.25. The molecule has 0 atom stereocenters. The van der Waals surface area contributed by atoms with E-state index in [0.29, 0.717) is 5.02 Å². The van der Waals surface area contributed by atoms with E-state index >= 15 is 0 Å². The van der Waals surface area contributed by atoms with E-state index in [1.807, 2.05) is 18.2 Å². The molecule has 0 aromatic heterocycles. The zero-order chi connectivity index (χ0) is 6.85. The van der Waals surface area contributed by atoms with Crippen molar-refractivity contribution in [1.82, 2.24) is 0 Å². The molecule has 0 saturated heterocycles. The van der Waals surface area contributed by atoms with Crippen LogP contribution in [0.1, 0.15) is 0 Å². The van der Waals surface area contributed by atoms with Gasteiger partial charge in [0.15, 0.2) is 0 Å². The van der Waals surface area contributed by atoms with Crippen molar-refractivity contribution in [3.8, 4) is 0 Å². The van der Waals surface area contributed by atoms with Gasteiger partial charge in [-0.1, -0.05) is 17.7 Å². The van der Waals surface area contributed by atoms with Gasteiger partial charge in [-0.05, 0) is 34.7 Å². The van der Waals surface area contributed by atoms with E-state index in [0.717, 1.165) is 8.47 Å². The van der Waals surface area contributed by atoms with Crippen LogP contribution in [0, 0.1) is 3.57 Å². The molecule has 0 radical (unpaired) electrons. The van der Waals surface area contributed by atoms with E-state index in [1.165, 1.54) is 0 Å². The van der Waals surface area contributed by atoms with Gasteiger partial charge in [0.05, 0.1) is 5.02 Å². The topological polar surface area (TPSA) is 0 Å². The molecule has 1 aromatic rings. The number of thiol groups is 1. The van der Waals surface area contributed by atoms with Gasteiger partial charge in [0.2, 0.25) is 0 Å². The highest BCUT2D eigenvalue weighted by atomic mass is 127. The van der Waals surface area contributed by atoms with Gasteiger partial charge in [-0.15, -0.1) is 12.6 Å². The molecule has 0 bridgehead atoms. The summed E-state index contributed by atoms with van der Waals surface area (Å²) in [6.07, 6.45) is 0. The minimum Gasteiger partial charge on any atom is -0.141 e. The lowest BCUT2D eigenvalue weighted by atomic mass is 10.4. The Kier molecular flexibility index (Phi) is 2.67. The van der Waals surface area contributed by atoms with Crippen LogP contribution in [-0.2, 0) is 0 Å². The molecule has 9 heavy (non-hydrogen) atoms. The lowest BCUT2D eigenvalue weighted by molar-refractivity contribution is 1.42. The molecule has 0 aliphatic rings. The van der Waals surface area contributed by atoms with Crippen LogP contribution in [0.5, 0.6) is 0 Å². The fourth-order valence-corrected chi connectivity index (χ4v) is 1.47. The fourth-order valence-electron chi connectivity index (χ4n) is 0.489. The number of hydrogen-bond donors (Lipinski definition) is 1. The van der Waals surface area contributed by atoms with E-state index in [4.69, 9.17) is 11.6 Å². The quantitative estimate of drug-likeness (QED) is 0.543. The van der Waals surface area contributed by atoms with E-state index < -0.39 is 0 Å². The molecule has 48 valence electrons. The first-order chi connectivity index (χ1) is 4.22. The third-order valence-electron chi connectivity index (χ3n) is 0.938. The molecule has 3 heteroatoms. The van der Waals surface area contributed by atoms with Crippen LogP contribution < -0.4 is 0 Å². The van der Waals surface area contributed by atoms with Crippen LogP contribution in [0.4, 0.5) is 0 Å². The van der Waals surface area contributed by atoms with Gasteiger partial charge in [-0.3, -0.25) is 0 Å². The molecule has 0 unspecified atom stereocenters. The second kappa shape index (κ2) is 3.12. The maximum atomic E-state index is 5.73. The average Bonchev–Trinajstić information content (AvgIpc) is 1.83. The van der Waals surface area contributed by atoms with Crippen molar-refractivity contribution in [2.24, 2.45) is 0 Å². The Morgan fingerprint density at radius 3 is 2.56 bits per heavy atom. The Bertz CT molecular complexity index is 204. The predicted octanol–water partition coefficient (Wildman–Crippen LogP) is 3.23. The molecule has 1 aromatic carbocycles. The highest BCUT2D eigenvalue weighted by Crippen LogP contribution is 2.24. The van der Waals surface area contributed by atoms with Gasteiger partial charge < -0.3 is 0 Å². The smallest absolute Gasteiger partial charge is 0.0550 e. The number of benzene rings is 1. The lowest BCUT2D eigenvalue weighted by Gasteiger charge is -1.96. The van der Waals surface area contributed by atoms with Crippen LogP contribution in [-0.4, -0.2) is 0 Å². The Hall–Kier alpha value is 0.590. The normalized spacial score (nSPS) is 9.67. The molecule has 0 amide bonds. The number of rotatable bonds is 0. The van der Waals surface area contributed by atoms with Crippen molar-refractivity contribution in [3.63, 3.8) is 0 Å². The molecule has 0 aliphatic heterocycles. The van der Waals surface area contributed by atoms with Crippen LogP contribution in [0.2, 0.25) is 5.02 Å². The van der Waals surface area contributed by atoms with E-state index in [2.05, 4.69) is 35.2 Å². The fraction of sp³-hybridized carbons (Fsp3) is 0. The Morgan fingerprint density at radius 1 is 1.44 bits per heavy atom. The largest absolute Gasteiger partial charge is 0.141 e. The average molecular weight is 271 g/mol. The number of hydrogen-bond acceptors (Lipinski definition) is 1. The van der Waals surface area contributed by atoms with Crippen molar-refractivity contribution < 1.29 is 0 Å². The van der Waals surface area contributed by atoms with E-state index in [9.17, 15) is 0 Å². The van der Waals surface area contributed by atoms with Gasteiger partial charge in [0.1, 0.15) is 0 Å². The third kappa shape index (κ3) is 1.75. The summed E-state index contributed by atoms with van der Waals surface area (Å²) in [5, 5.41) is 0.713. The van der Waals surface area contributed by atoms with Crippen LogP contribution >= 0.6 is 46.8 Å². The highest BCUT2D eigenvalue weighted by Gasteiger charge is 1.96. The van der Waals surface area contributed by atoms with Crippen molar-refractivity contribution >= 4 is 46.8 Å². The van der Waals surface area contributed by atoms with Gasteiger partial charge in [0, 0.05) is 8.47 Å². The van der Waals surface area contributed by atoms with Gasteiger partial charge in [-0.25, -0.2) is 0 Å². The first kappa shape index (κ1) is 7.69. The summed E-state index contributed by atoms with van der Waals surface area (Å²) in [5.41, 5.74) is 0. The predicted molar refractivity (Wildman–Crippen MR) is 51.4 cm³/mol. The molecule has 0 saturated carbocycles. The highest BCUT2D eigenvalue weighted by molar-refractivity contribution is 14.1. The number of halogens is 2. The van der Waals surface area contributed by atoms with Crippen LogP contribution in [0.15, 0.2) is 23.1 Å². The molecular weight excluding hydrogens is 266 g/mol. The molecule has 1 rings (SSSR count). The molecule has 0 N–H and O–H groups in total. The molecule has 0 fully saturated rings. The molecule has 0 spiro atoms. The van der Waals surface area contributed by atoms with Crippen LogP contribution in [0.25, 0.3) is 0 Å². The first-order valence-electron chi connectivity index (χ1n) is 2.35. The molecule has 0 heterocycles. The Morgan fingerprint density at radius 2 is 2.11 bits per heavy atom. The summed E-state index contributed by atoms with van der Waals surface area (Å²) >= 11 is 12.1. The maximum absolute atomic E-state index is 5.73. The monoisotopic (exact) mass is 270 g/mol. The first-order valence-corrected chi connectivity index (χ1v) is 4.25. The third-order valence-corrected chi connectivity index (χ3v) is 3.19. The SMILES string of the molecule is Sc1c(Cl)cccc1I. The van der Waals surface area contributed by atoms with Crippen molar-refractivity contribution in [2.75, 3.05) is 0 Å². The summed E-state index contributed by atoms with van der Waals surface area (Å²) < 4.78 is 1.09. The molecular formula is C6H4ClIS. The summed E-state index contributed by atoms with van der Waals surface area (Å²) in [6.45, 7) is 0. The second-order valence-corrected chi connectivity index (χ2v) is 3.59. The van der Waals surface area contributed by atoms with Crippen molar-refractivity contribution in [2.45, 2.75) is 4.90 Å². The molecule has 0 nitrogen and oxygen atoms in total. The van der Waals surface area contributed by atoms with Crippen molar-refractivity contribution in [1.29, 1.82) is 0 Å². The lowest BCUT2D eigenvalue weighted by Crippen LogP contribution is -1.73. The zero-order valence-electron chi connectivity index (χ0n) is 4.44. The minimum absolute atomic E-state index is 0.713. The maximum Gasteiger partial charge on any atom is 0.0550 e. The van der Waals surface area contributed by atoms with Crippen molar-refractivity contribution in [3.05, 3.63) is 26.8 Å². The van der Waals surface area contributed by atoms with Gasteiger partial charge in [-0.2, -0.15) is 0 Å². The van der Waals surface area contributed by atoms with E-state index in [-0.39, 0.29) is 0 Å². The Labute approximate surface area is 78.2 Å². The summed E-state index contributed by atoms with van der Waals surface area (Å²) in [6, 6.07) is 5.70. The second-order valence-electron chi connectivity index (χ2n) is 1.57. The molecule has 0 aliphatic carbocycles. The standard InChI is InChI=1S/C6H4ClIS/c7-4-2-1-3-5(8)6(4)9/h1-3,9H. The van der Waals surface area contributed by atoms with E-state index in [1.54, 1.807) is 0 Å². The summed E-state index contributed by atoms with van der Waals surface area (Å²) in [7, 11) is 0. The minimum atomic E-state index is 0.713. The van der Waals surface area contributed by atoms with Gasteiger partial charge >= 0.3 is 0 Å². The summed E-state index contributed by atoms with van der Waals surface area (Å²) in [4.78, 5) is 0.861. The summed E-state index contributed by atoms with van der Waals surface area (Å²) in [5.74, 6) is 0. The van der Waals surface area contributed by atoms with Crippen LogP contribution in [0.3, 0.4) is 0 Å². The zero-order valence-corrected chi connectivity index (χ0v) is 8.24. The van der Waals surface area contributed by atoms with Gasteiger partial charge in [0.25, 0.3) is 0 Å².